The number of nitrogens with one attached hydrogen (secondary N) is 1. The average molecular weight is 371 g/mol. The van der Waals surface area contributed by atoms with Gasteiger partial charge in [-0.05, 0) is 41.5 Å². The molecule has 0 saturated carbocycles. The number of rotatable bonds is 6. The normalized spacial score (nSPS) is 12.2. The van der Waals surface area contributed by atoms with Crippen molar-refractivity contribution in [2.24, 2.45) is 0 Å². The predicted molar refractivity (Wildman–Crippen MR) is 89.6 cm³/mol. The summed E-state index contributed by atoms with van der Waals surface area (Å²) >= 11 is 5.22. The highest BCUT2D eigenvalue weighted by Crippen LogP contribution is 2.42. The summed E-state index contributed by atoms with van der Waals surface area (Å²) in [6, 6.07) is 4.04. The largest absolute Gasteiger partial charge is 0.495 e. The van der Waals surface area contributed by atoms with E-state index in [1.165, 1.54) is 4.88 Å². The lowest BCUT2D eigenvalue weighted by Crippen LogP contribution is -2.22. The van der Waals surface area contributed by atoms with E-state index in [1.54, 1.807) is 25.6 Å². The van der Waals surface area contributed by atoms with Crippen LogP contribution in [0.3, 0.4) is 0 Å². The van der Waals surface area contributed by atoms with Crippen LogP contribution in [0.15, 0.2) is 22.1 Å². The number of thiazole rings is 1. The van der Waals surface area contributed by atoms with E-state index in [0.717, 1.165) is 33.8 Å². The first-order valence-corrected chi connectivity index (χ1v) is 8.35. The highest BCUT2D eigenvalue weighted by atomic mass is 79.9. The Labute approximate surface area is 137 Å². The van der Waals surface area contributed by atoms with Crippen molar-refractivity contribution in [3.05, 3.63) is 38.3 Å². The van der Waals surface area contributed by atoms with Gasteiger partial charge in [-0.1, -0.05) is 6.92 Å². The van der Waals surface area contributed by atoms with E-state index < -0.39 is 0 Å². The second-order valence-electron chi connectivity index (χ2n) is 4.50. The van der Waals surface area contributed by atoms with Crippen molar-refractivity contribution in [3.63, 3.8) is 0 Å². The van der Waals surface area contributed by atoms with Crippen LogP contribution < -0.4 is 14.8 Å². The minimum Gasteiger partial charge on any atom is -0.495 e. The monoisotopic (exact) mass is 370 g/mol. The van der Waals surface area contributed by atoms with Crippen molar-refractivity contribution < 1.29 is 9.47 Å². The zero-order valence-electron chi connectivity index (χ0n) is 12.6. The van der Waals surface area contributed by atoms with E-state index in [9.17, 15) is 0 Å². The standard InChI is InChI=1S/C15H19BrN2O2S/c1-5-17-13(15-9(2)18-8-21-15)10-6-7-11(19-3)12(16)14(10)20-4/h6-8,13,17H,5H2,1-4H3. The van der Waals surface area contributed by atoms with Gasteiger partial charge in [-0.3, -0.25) is 0 Å². The van der Waals surface area contributed by atoms with Crippen molar-refractivity contribution >= 4 is 27.3 Å². The topological polar surface area (TPSA) is 43.4 Å². The summed E-state index contributed by atoms with van der Waals surface area (Å²) in [6.07, 6.45) is 0. The number of aryl methyl sites for hydroxylation is 1. The smallest absolute Gasteiger partial charge is 0.141 e. The number of hydrogen-bond donors (Lipinski definition) is 1. The fourth-order valence-electron chi connectivity index (χ4n) is 2.28. The van der Waals surface area contributed by atoms with Gasteiger partial charge < -0.3 is 14.8 Å². The Hall–Kier alpha value is -1.11. The van der Waals surface area contributed by atoms with Crippen LogP contribution in [-0.2, 0) is 0 Å². The summed E-state index contributed by atoms with van der Waals surface area (Å²) in [5.74, 6) is 1.54. The maximum absolute atomic E-state index is 5.60. The maximum atomic E-state index is 5.60. The Morgan fingerprint density at radius 2 is 2.10 bits per heavy atom. The second-order valence-corrected chi connectivity index (χ2v) is 6.18. The third kappa shape index (κ3) is 3.22. The third-order valence-corrected chi connectivity index (χ3v) is 5.03. The Morgan fingerprint density at radius 3 is 2.62 bits per heavy atom. The quantitative estimate of drug-likeness (QED) is 0.836. The minimum absolute atomic E-state index is 0.0552. The van der Waals surface area contributed by atoms with Crippen LogP contribution in [0.5, 0.6) is 11.5 Å². The summed E-state index contributed by atoms with van der Waals surface area (Å²) in [5.41, 5.74) is 3.99. The Kier molecular flexibility index (Phi) is 5.61. The Bertz CT molecular complexity index is 616. The van der Waals surface area contributed by atoms with Crippen LogP contribution >= 0.6 is 27.3 Å². The summed E-state index contributed by atoms with van der Waals surface area (Å²) in [5, 5.41) is 3.51. The molecule has 114 valence electrons. The van der Waals surface area contributed by atoms with Crippen LogP contribution in [0.4, 0.5) is 0 Å². The Morgan fingerprint density at radius 1 is 1.33 bits per heavy atom. The predicted octanol–water partition coefficient (Wildman–Crippen LogP) is 3.93. The van der Waals surface area contributed by atoms with Gasteiger partial charge in [-0.2, -0.15) is 0 Å². The lowest BCUT2D eigenvalue weighted by Gasteiger charge is -2.22. The van der Waals surface area contributed by atoms with E-state index in [1.807, 2.05) is 24.6 Å². The average Bonchev–Trinajstić information content (AvgIpc) is 2.90. The van der Waals surface area contributed by atoms with Gasteiger partial charge in [0.25, 0.3) is 0 Å². The molecule has 1 N–H and O–H groups in total. The minimum atomic E-state index is 0.0552. The molecular weight excluding hydrogens is 352 g/mol. The molecule has 2 rings (SSSR count). The van der Waals surface area contributed by atoms with E-state index in [2.05, 4.69) is 33.2 Å². The molecule has 4 nitrogen and oxygen atoms in total. The lowest BCUT2D eigenvalue weighted by atomic mass is 10.0. The number of nitrogens with zero attached hydrogens (tertiary/aromatic N) is 1. The van der Waals surface area contributed by atoms with Gasteiger partial charge in [0.15, 0.2) is 0 Å². The highest BCUT2D eigenvalue weighted by molar-refractivity contribution is 9.10. The third-order valence-electron chi connectivity index (χ3n) is 3.28. The Balaban J connectivity index is 2.55. The maximum Gasteiger partial charge on any atom is 0.141 e. The number of methoxy groups -OCH3 is 2. The molecule has 1 heterocycles. The molecule has 0 aliphatic heterocycles. The molecule has 2 aromatic rings. The van der Waals surface area contributed by atoms with E-state index in [0.29, 0.717) is 0 Å². The number of ether oxygens (including phenoxy) is 2. The van der Waals surface area contributed by atoms with Crippen LogP contribution in [0, 0.1) is 6.92 Å². The fourth-order valence-corrected chi connectivity index (χ4v) is 3.86. The fraction of sp³-hybridized carbons (Fsp3) is 0.400. The molecule has 0 fully saturated rings. The van der Waals surface area contributed by atoms with Gasteiger partial charge in [0.2, 0.25) is 0 Å². The van der Waals surface area contributed by atoms with Crippen molar-refractivity contribution in [3.8, 4) is 11.5 Å². The molecule has 6 heteroatoms. The first-order valence-electron chi connectivity index (χ1n) is 6.67. The van der Waals surface area contributed by atoms with Gasteiger partial charge in [-0.15, -0.1) is 11.3 Å². The molecule has 0 radical (unpaired) electrons. The summed E-state index contributed by atoms with van der Waals surface area (Å²) in [6.45, 7) is 4.98. The molecule has 1 aromatic heterocycles. The lowest BCUT2D eigenvalue weighted by molar-refractivity contribution is 0.383. The van der Waals surface area contributed by atoms with Gasteiger partial charge >= 0.3 is 0 Å². The van der Waals surface area contributed by atoms with Gasteiger partial charge in [0, 0.05) is 10.4 Å². The second kappa shape index (κ2) is 7.24. The highest BCUT2D eigenvalue weighted by Gasteiger charge is 2.23. The SMILES string of the molecule is CCNC(c1ccc(OC)c(Br)c1OC)c1scnc1C. The molecule has 1 atom stereocenters. The zero-order valence-corrected chi connectivity index (χ0v) is 15.0. The van der Waals surface area contributed by atoms with Gasteiger partial charge in [0.05, 0.1) is 31.5 Å². The first-order chi connectivity index (χ1) is 10.1. The first kappa shape index (κ1) is 16.3. The van der Waals surface area contributed by atoms with E-state index >= 15 is 0 Å². The zero-order chi connectivity index (χ0) is 15.4. The number of hydrogen-bond acceptors (Lipinski definition) is 5. The molecule has 0 saturated heterocycles. The van der Waals surface area contributed by atoms with Gasteiger partial charge in [-0.25, -0.2) is 4.98 Å². The molecular formula is C15H19BrN2O2S. The molecule has 0 bridgehead atoms. The molecule has 0 aliphatic carbocycles. The molecule has 0 aliphatic rings. The summed E-state index contributed by atoms with van der Waals surface area (Å²) in [4.78, 5) is 5.56. The van der Waals surface area contributed by atoms with Crippen LogP contribution in [-0.4, -0.2) is 25.7 Å². The van der Waals surface area contributed by atoms with Crippen molar-refractivity contribution in [1.29, 1.82) is 0 Å². The van der Waals surface area contributed by atoms with E-state index in [4.69, 9.17) is 9.47 Å². The van der Waals surface area contributed by atoms with Crippen LogP contribution in [0.1, 0.15) is 29.1 Å². The summed E-state index contributed by atoms with van der Waals surface area (Å²) in [7, 11) is 3.32. The summed E-state index contributed by atoms with van der Waals surface area (Å²) < 4.78 is 11.8. The molecule has 21 heavy (non-hydrogen) atoms. The van der Waals surface area contributed by atoms with Crippen molar-refractivity contribution in [2.45, 2.75) is 19.9 Å². The number of benzene rings is 1. The van der Waals surface area contributed by atoms with Gasteiger partial charge in [0.1, 0.15) is 16.0 Å². The van der Waals surface area contributed by atoms with E-state index in [-0.39, 0.29) is 6.04 Å². The number of halogens is 1. The molecule has 1 aromatic carbocycles. The molecule has 0 spiro atoms. The van der Waals surface area contributed by atoms with Crippen molar-refractivity contribution in [2.75, 3.05) is 20.8 Å². The molecule has 1 unspecified atom stereocenters. The van der Waals surface area contributed by atoms with Crippen LogP contribution in [0.2, 0.25) is 0 Å². The number of aromatic nitrogens is 1. The van der Waals surface area contributed by atoms with Crippen LogP contribution in [0.25, 0.3) is 0 Å². The van der Waals surface area contributed by atoms with Crippen molar-refractivity contribution in [1.82, 2.24) is 10.3 Å². The molecule has 0 amide bonds.